The van der Waals surface area contributed by atoms with Crippen LogP contribution in [0.4, 0.5) is 0 Å². The van der Waals surface area contributed by atoms with Gasteiger partial charge in [0, 0.05) is 72.7 Å². The Balaban J connectivity index is 0.900. The number of ketones is 2. The molecule has 2 amide bonds. The number of aryl methyl sites for hydroxylation is 2. The number of methoxy groups -OCH3 is 2. The summed E-state index contributed by atoms with van der Waals surface area (Å²) in [6.07, 6.45) is 8.38. The minimum Gasteiger partial charge on any atom is -0.496 e. The molecule has 11 nitrogen and oxygen atoms in total. The van der Waals surface area contributed by atoms with E-state index in [2.05, 4.69) is 10.3 Å². The first-order valence-corrected chi connectivity index (χ1v) is 17.4. The highest BCUT2D eigenvalue weighted by atomic mass is 16.5. The van der Waals surface area contributed by atoms with Crippen LogP contribution in [0.15, 0.2) is 46.3 Å². The van der Waals surface area contributed by atoms with Gasteiger partial charge in [-0.2, -0.15) is 0 Å². The molecule has 3 fully saturated rings. The zero-order chi connectivity index (χ0) is 35.2. The van der Waals surface area contributed by atoms with Crippen molar-refractivity contribution in [2.45, 2.75) is 76.4 Å². The molecule has 1 aromatic heterocycles. The third-order valence-corrected chi connectivity index (χ3v) is 11.0. The summed E-state index contributed by atoms with van der Waals surface area (Å²) in [6.45, 7) is 1.34. The number of rotatable bonds is 13. The van der Waals surface area contributed by atoms with Gasteiger partial charge in [0.1, 0.15) is 22.8 Å². The first-order chi connectivity index (χ1) is 24.1. The fraction of sp³-hybridized carbons (Fsp3) is 0.436. The summed E-state index contributed by atoms with van der Waals surface area (Å²) in [5.74, 6) is 0.999. The molecule has 2 aromatic carbocycles. The maximum atomic E-state index is 13.3. The van der Waals surface area contributed by atoms with Gasteiger partial charge in [-0.15, -0.1) is 0 Å². The van der Waals surface area contributed by atoms with Gasteiger partial charge in [0.25, 0.3) is 11.5 Å². The van der Waals surface area contributed by atoms with E-state index in [1.165, 1.54) is 0 Å². The number of nitrogens with zero attached hydrogens (tertiary/aromatic N) is 3. The maximum absolute atomic E-state index is 13.3. The minimum atomic E-state index is -0.810. The SMILES string of the molecule is COc1cc(-c2cn(C)c(=O)c3c2C=NC3)cc(OC)c1CCCC(=O)NCCCCc1cccc2c1CN(C13CC(C1)C(=O)CC3=O)C2=O. The summed E-state index contributed by atoms with van der Waals surface area (Å²) in [4.78, 5) is 69.6. The molecule has 0 spiro atoms. The first-order valence-electron chi connectivity index (χ1n) is 17.4. The number of aliphatic imine (C=N–C) groups is 1. The summed E-state index contributed by atoms with van der Waals surface area (Å²) >= 11 is 0. The van der Waals surface area contributed by atoms with Gasteiger partial charge in [0.2, 0.25) is 5.91 Å². The van der Waals surface area contributed by atoms with E-state index in [4.69, 9.17) is 9.47 Å². The highest BCUT2D eigenvalue weighted by Gasteiger charge is 2.62. The molecule has 0 atom stereocenters. The molecule has 5 aliphatic rings. The van der Waals surface area contributed by atoms with Gasteiger partial charge >= 0.3 is 0 Å². The first kappa shape index (κ1) is 33.4. The molecular weight excluding hydrogens is 636 g/mol. The van der Waals surface area contributed by atoms with Crippen LogP contribution in [0, 0.1) is 5.92 Å². The highest BCUT2D eigenvalue weighted by Crippen LogP contribution is 2.51. The van der Waals surface area contributed by atoms with Crippen molar-refractivity contribution in [3.05, 3.63) is 80.3 Å². The molecule has 3 saturated carbocycles. The Morgan fingerprint density at radius 3 is 2.46 bits per heavy atom. The Morgan fingerprint density at radius 2 is 1.74 bits per heavy atom. The second kappa shape index (κ2) is 13.3. The van der Waals surface area contributed by atoms with Crippen molar-refractivity contribution in [3.8, 4) is 22.6 Å². The van der Waals surface area contributed by atoms with E-state index in [1.54, 1.807) is 36.9 Å². The van der Waals surface area contributed by atoms with Crippen LogP contribution in [0.2, 0.25) is 0 Å². The van der Waals surface area contributed by atoms with Crippen LogP contribution in [0.3, 0.4) is 0 Å². The average Bonchev–Trinajstić information content (AvgIpc) is 3.71. The van der Waals surface area contributed by atoms with E-state index >= 15 is 0 Å². The van der Waals surface area contributed by atoms with Crippen molar-refractivity contribution < 1.29 is 28.7 Å². The van der Waals surface area contributed by atoms with Gasteiger partial charge in [0.05, 0.1) is 27.2 Å². The number of carbonyl (C=O) groups excluding carboxylic acids is 4. The normalized spacial score (nSPS) is 20.1. The molecule has 8 rings (SSSR count). The number of unbranched alkanes of at least 4 members (excludes halogenated alkanes) is 1. The predicted molar refractivity (Wildman–Crippen MR) is 187 cm³/mol. The number of pyridine rings is 1. The van der Waals surface area contributed by atoms with Crippen molar-refractivity contribution in [3.63, 3.8) is 0 Å². The Morgan fingerprint density at radius 1 is 0.980 bits per heavy atom. The summed E-state index contributed by atoms with van der Waals surface area (Å²) in [5.41, 5.74) is 5.99. The Hall–Kier alpha value is -5.06. The highest BCUT2D eigenvalue weighted by molar-refractivity contribution is 6.13. The lowest BCUT2D eigenvalue weighted by atomic mass is 9.57. The van der Waals surface area contributed by atoms with Crippen molar-refractivity contribution >= 4 is 29.6 Å². The molecule has 3 aromatic rings. The van der Waals surface area contributed by atoms with Crippen LogP contribution in [0.5, 0.6) is 11.5 Å². The molecule has 1 N–H and O–H groups in total. The number of aromatic nitrogens is 1. The lowest BCUT2D eigenvalue weighted by Gasteiger charge is -2.54. The Labute approximate surface area is 290 Å². The number of amides is 2. The van der Waals surface area contributed by atoms with Crippen molar-refractivity contribution in [1.82, 2.24) is 14.8 Å². The molecule has 3 heterocycles. The standard InChI is InChI=1S/C39H42N4O7/c1-42-21-30(28-19-40-20-29(28)37(42)47)24-14-33(49-2)27(34(15-24)50-3)11-7-12-36(46)41-13-5-4-8-23-9-6-10-26-31(23)22-43(38(26)48)39-17-25(18-39)32(44)16-35(39)45/h6,9-10,14-15,19,21,25H,4-5,7-8,11-13,16-18,20,22H2,1-3H3,(H,41,46). The lowest BCUT2D eigenvalue weighted by Crippen LogP contribution is -2.67. The van der Waals surface area contributed by atoms with Crippen LogP contribution in [-0.4, -0.2) is 65.4 Å². The van der Waals surface area contributed by atoms with Gasteiger partial charge in [0.15, 0.2) is 5.78 Å². The number of nitrogens with one attached hydrogen (secondary N) is 1. The van der Waals surface area contributed by atoms with Crippen LogP contribution in [0.1, 0.15) is 83.1 Å². The third-order valence-electron chi connectivity index (χ3n) is 11.0. The Bertz CT molecular complexity index is 1980. The van der Waals surface area contributed by atoms with E-state index in [0.717, 1.165) is 52.6 Å². The molecular formula is C39H42N4O7. The van der Waals surface area contributed by atoms with Gasteiger partial charge in [-0.1, -0.05) is 12.1 Å². The number of benzene rings is 2. The van der Waals surface area contributed by atoms with Crippen LogP contribution in [0.25, 0.3) is 11.1 Å². The summed E-state index contributed by atoms with van der Waals surface area (Å²) in [5, 5.41) is 3.04. The van der Waals surface area contributed by atoms with E-state index in [9.17, 15) is 24.0 Å². The van der Waals surface area contributed by atoms with Gasteiger partial charge in [-0.25, -0.2) is 0 Å². The average molecular weight is 679 g/mol. The van der Waals surface area contributed by atoms with Crippen LogP contribution < -0.4 is 20.3 Å². The summed E-state index contributed by atoms with van der Waals surface area (Å²) in [7, 11) is 4.96. The second-order valence-electron chi connectivity index (χ2n) is 13.9. The van der Waals surface area contributed by atoms with E-state index in [0.29, 0.717) is 74.4 Å². The molecule has 50 heavy (non-hydrogen) atoms. The smallest absolute Gasteiger partial charge is 0.256 e. The fourth-order valence-corrected chi connectivity index (χ4v) is 8.17. The molecule has 260 valence electrons. The molecule has 0 radical (unpaired) electrons. The van der Waals surface area contributed by atoms with Gasteiger partial charge in [-0.05, 0) is 79.8 Å². The quantitative estimate of drug-likeness (QED) is 0.212. The summed E-state index contributed by atoms with van der Waals surface area (Å²) in [6, 6.07) is 9.66. The number of hydrogen-bond donors (Lipinski definition) is 1. The number of carbonyl (C=O) groups is 4. The molecule has 2 aliphatic heterocycles. The van der Waals surface area contributed by atoms with Crippen LogP contribution in [-0.2, 0) is 47.4 Å². The zero-order valence-corrected chi connectivity index (χ0v) is 28.8. The Kier molecular flexibility index (Phi) is 8.92. The third kappa shape index (κ3) is 5.72. The maximum Gasteiger partial charge on any atom is 0.256 e. The van der Waals surface area contributed by atoms with Crippen molar-refractivity contribution in [1.29, 1.82) is 0 Å². The molecule has 0 unspecified atom stereocenters. The lowest BCUT2D eigenvalue weighted by molar-refractivity contribution is -0.156. The molecule has 11 heteroatoms. The second-order valence-corrected chi connectivity index (χ2v) is 13.9. The molecule has 3 aliphatic carbocycles. The molecule has 2 bridgehead atoms. The predicted octanol–water partition coefficient (Wildman–Crippen LogP) is 4.11. The van der Waals surface area contributed by atoms with Gasteiger partial charge in [-0.3, -0.25) is 29.0 Å². The fourth-order valence-electron chi connectivity index (χ4n) is 8.17. The topological polar surface area (TPSA) is 136 Å². The number of Topliss-reactive ketones (excluding diaryl/α,β-unsaturated/α-hetero) is 2. The zero-order valence-electron chi connectivity index (χ0n) is 28.8. The number of ether oxygens (including phenoxy) is 2. The van der Waals surface area contributed by atoms with Gasteiger partial charge < -0.3 is 24.3 Å². The summed E-state index contributed by atoms with van der Waals surface area (Å²) < 4.78 is 13.1. The van der Waals surface area contributed by atoms with Crippen molar-refractivity contribution in [2.24, 2.45) is 18.0 Å². The number of hydrogen-bond acceptors (Lipinski definition) is 8. The van der Waals surface area contributed by atoms with Crippen LogP contribution >= 0.6 is 0 Å². The number of fused-ring (bicyclic) bond motifs is 4. The monoisotopic (exact) mass is 678 g/mol. The van der Waals surface area contributed by atoms with E-state index in [-0.39, 0.29) is 41.3 Å². The molecule has 0 saturated heterocycles. The van der Waals surface area contributed by atoms with Crippen molar-refractivity contribution in [2.75, 3.05) is 20.8 Å². The van der Waals surface area contributed by atoms with E-state index in [1.807, 2.05) is 36.5 Å². The minimum absolute atomic E-state index is 0.0123. The largest absolute Gasteiger partial charge is 0.496 e. The van der Waals surface area contributed by atoms with E-state index < -0.39 is 5.54 Å².